The first kappa shape index (κ1) is 13.5. The molecule has 19 heavy (non-hydrogen) atoms. The SMILES string of the molecule is CCn1c(OC(C)=O)nc(N2CCOCC2)cc1=O. The summed E-state index contributed by atoms with van der Waals surface area (Å²) in [6, 6.07) is 1.51. The van der Waals surface area contributed by atoms with Crippen molar-refractivity contribution in [1.82, 2.24) is 9.55 Å². The quantitative estimate of drug-likeness (QED) is 0.719. The molecule has 1 aliphatic rings. The van der Waals surface area contributed by atoms with Crippen LogP contribution in [0.5, 0.6) is 6.01 Å². The second kappa shape index (κ2) is 5.83. The molecule has 2 rings (SSSR count). The first-order valence-electron chi connectivity index (χ1n) is 6.25. The normalized spacial score (nSPS) is 15.4. The number of carbonyl (C=O) groups is 1. The van der Waals surface area contributed by atoms with Crippen LogP contribution in [0.15, 0.2) is 10.9 Å². The second-order valence-corrected chi connectivity index (χ2v) is 4.17. The van der Waals surface area contributed by atoms with Gasteiger partial charge in [-0.15, -0.1) is 0 Å². The Morgan fingerprint density at radius 2 is 2.16 bits per heavy atom. The van der Waals surface area contributed by atoms with E-state index in [9.17, 15) is 9.59 Å². The minimum Gasteiger partial charge on any atom is -0.392 e. The molecule has 1 aromatic heterocycles. The summed E-state index contributed by atoms with van der Waals surface area (Å²) < 4.78 is 11.6. The lowest BCUT2D eigenvalue weighted by Gasteiger charge is -2.28. The van der Waals surface area contributed by atoms with Gasteiger partial charge in [0.25, 0.3) is 5.56 Å². The maximum atomic E-state index is 12.0. The van der Waals surface area contributed by atoms with Crippen molar-refractivity contribution in [2.45, 2.75) is 20.4 Å². The molecule has 0 atom stereocenters. The summed E-state index contributed by atoms with van der Waals surface area (Å²) in [5.74, 6) is 0.0301. The summed E-state index contributed by atoms with van der Waals surface area (Å²) in [6.07, 6.45) is 0. The van der Waals surface area contributed by atoms with Crippen molar-refractivity contribution in [2.75, 3.05) is 31.2 Å². The molecule has 7 heteroatoms. The highest BCUT2D eigenvalue weighted by Gasteiger charge is 2.17. The van der Waals surface area contributed by atoms with Gasteiger partial charge in [-0.05, 0) is 6.92 Å². The Bertz CT molecular complexity index is 520. The van der Waals surface area contributed by atoms with E-state index in [2.05, 4.69) is 4.98 Å². The zero-order valence-electron chi connectivity index (χ0n) is 11.1. The van der Waals surface area contributed by atoms with E-state index in [-0.39, 0.29) is 11.6 Å². The van der Waals surface area contributed by atoms with Crippen molar-refractivity contribution < 1.29 is 14.3 Å². The molecule has 0 amide bonds. The minimum atomic E-state index is -0.492. The molecule has 0 unspecified atom stereocenters. The molecule has 0 spiro atoms. The third-order valence-corrected chi connectivity index (χ3v) is 2.85. The average Bonchev–Trinajstić information content (AvgIpc) is 2.38. The highest BCUT2D eigenvalue weighted by molar-refractivity contribution is 5.68. The molecule has 0 aliphatic carbocycles. The van der Waals surface area contributed by atoms with Gasteiger partial charge in [0.1, 0.15) is 5.82 Å². The number of hydrogen-bond donors (Lipinski definition) is 0. The summed E-state index contributed by atoms with van der Waals surface area (Å²) in [7, 11) is 0. The Morgan fingerprint density at radius 3 is 2.74 bits per heavy atom. The highest BCUT2D eigenvalue weighted by atomic mass is 16.5. The second-order valence-electron chi connectivity index (χ2n) is 4.17. The van der Waals surface area contributed by atoms with E-state index < -0.39 is 5.97 Å². The number of nitrogens with zero attached hydrogens (tertiary/aromatic N) is 3. The topological polar surface area (TPSA) is 73.7 Å². The molecule has 0 bridgehead atoms. The van der Waals surface area contributed by atoms with E-state index in [4.69, 9.17) is 9.47 Å². The van der Waals surface area contributed by atoms with Gasteiger partial charge in [0.15, 0.2) is 0 Å². The molecular weight excluding hydrogens is 250 g/mol. The highest BCUT2D eigenvalue weighted by Crippen LogP contribution is 2.15. The van der Waals surface area contributed by atoms with Gasteiger partial charge >= 0.3 is 12.0 Å². The van der Waals surface area contributed by atoms with Crippen LogP contribution in [0.2, 0.25) is 0 Å². The number of carbonyl (C=O) groups excluding carboxylic acids is 1. The lowest BCUT2D eigenvalue weighted by Crippen LogP contribution is -2.38. The van der Waals surface area contributed by atoms with Gasteiger partial charge in [0.2, 0.25) is 0 Å². The summed E-state index contributed by atoms with van der Waals surface area (Å²) in [4.78, 5) is 29.3. The molecule has 1 aromatic rings. The lowest BCUT2D eigenvalue weighted by atomic mass is 10.4. The standard InChI is InChI=1S/C12H17N3O4/c1-3-15-11(17)8-10(13-12(15)19-9(2)16)14-4-6-18-7-5-14/h8H,3-7H2,1-2H3. The average molecular weight is 267 g/mol. The Labute approximate surface area is 110 Å². The summed E-state index contributed by atoms with van der Waals surface area (Å²) in [6.45, 7) is 6.02. The van der Waals surface area contributed by atoms with Gasteiger partial charge in [0.05, 0.1) is 13.2 Å². The van der Waals surface area contributed by atoms with Crippen molar-refractivity contribution in [3.8, 4) is 6.01 Å². The predicted molar refractivity (Wildman–Crippen MR) is 68.5 cm³/mol. The fourth-order valence-electron chi connectivity index (χ4n) is 1.93. The van der Waals surface area contributed by atoms with Crippen molar-refractivity contribution in [1.29, 1.82) is 0 Å². The van der Waals surface area contributed by atoms with Crippen molar-refractivity contribution in [2.24, 2.45) is 0 Å². The zero-order valence-corrected chi connectivity index (χ0v) is 11.1. The molecule has 2 heterocycles. The number of hydrogen-bond acceptors (Lipinski definition) is 6. The van der Waals surface area contributed by atoms with Crippen LogP contribution in [0.25, 0.3) is 0 Å². The van der Waals surface area contributed by atoms with Crippen LogP contribution in [0, 0.1) is 0 Å². The molecule has 0 aromatic carbocycles. The molecule has 1 aliphatic heterocycles. The van der Waals surface area contributed by atoms with Gasteiger partial charge in [-0.1, -0.05) is 0 Å². The summed E-state index contributed by atoms with van der Waals surface area (Å²) in [5.41, 5.74) is -0.227. The van der Waals surface area contributed by atoms with Crippen LogP contribution in [0.1, 0.15) is 13.8 Å². The summed E-state index contributed by atoms with van der Waals surface area (Å²) in [5, 5.41) is 0. The number of esters is 1. The first-order chi connectivity index (χ1) is 9.11. The van der Waals surface area contributed by atoms with Crippen LogP contribution < -0.4 is 15.2 Å². The molecule has 0 radical (unpaired) electrons. The van der Waals surface area contributed by atoms with Crippen molar-refractivity contribution >= 4 is 11.8 Å². The smallest absolute Gasteiger partial charge is 0.310 e. The van der Waals surface area contributed by atoms with Gasteiger partial charge < -0.3 is 14.4 Å². The Morgan fingerprint density at radius 1 is 1.47 bits per heavy atom. The molecule has 104 valence electrons. The first-order valence-corrected chi connectivity index (χ1v) is 6.25. The lowest BCUT2D eigenvalue weighted by molar-refractivity contribution is -0.132. The number of morpholine rings is 1. The molecule has 1 fully saturated rings. The molecule has 7 nitrogen and oxygen atoms in total. The maximum absolute atomic E-state index is 12.0. The third-order valence-electron chi connectivity index (χ3n) is 2.85. The molecule has 0 N–H and O–H groups in total. The minimum absolute atomic E-state index is 0.0454. The zero-order chi connectivity index (χ0) is 13.8. The van der Waals surface area contributed by atoms with Crippen LogP contribution in [-0.2, 0) is 16.1 Å². The Kier molecular flexibility index (Phi) is 4.16. The largest absolute Gasteiger partial charge is 0.392 e. The summed E-state index contributed by atoms with van der Waals surface area (Å²) >= 11 is 0. The Hall–Kier alpha value is -1.89. The maximum Gasteiger partial charge on any atom is 0.310 e. The van der Waals surface area contributed by atoms with E-state index in [1.807, 2.05) is 4.90 Å². The number of rotatable bonds is 3. The Balaban J connectivity index is 2.37. The monoisotopic (exact) mass is 267 g/mol. The van der Waals surface area contributed by atoms with Gasteiger partial charge in [0, 0.05) is 32.6 Å². The fourth-order valence-corrected chi connectivity index (χ4v) is 1.93. The molecular formula is C12H17N3O4. The van der Waals surface area contributed by atoms with Crippen LogP contribution in [-0.4, -0.2) is 41.8 Å². The third kappa shape index (κ3) is 3.11. The van der Waals surface area contributed by atoms with E-state index >= 15 is 0 Å². The van der Waals surface area contributed by atoms with Gasteiger partial charge in [-0.3, -0.25) is 14.2 Å². The molecule has 1 saturated heterocycles. The fraction of sp³-hybridized carbons (Fsp3) is 0.583. The van der Waals surface area contributed by atoms with Crippen LogP contribution in [0.3, 0.4) is 0 Å². The van der Waals surface area contributed by atoms with Gasteiger partial charge in [-0.2, -0.15) is 4.98 Å². The number of anilines is 1. The van der Waals surface area contributed by atoms with Crippen molar-refractivity contribution in [3.63, 3.8) is 0 Å². The van der Waals surface area contributed by atoms with Crippen LogP contribution in [0.4, 0.5) is 5.82 Å². The van der Waals surface area contributed by atoms with Crippen molar-refractivity contribution in [3.05, 3.63) is 16.4 Å². The van der Waals surface area contributed by atoms with Gasteiger partial charge in [-0.25, -0.2) is 0 Å². The van der Waals surface area contributed by atoms with E-state index in [1.165, 1.54) is 17.6 Å². The van der Waals surface area contributed by atoms with E-state index in [1.54, 1.807) is 6.92 Å². The van der Waals surface area contributed by atoms with Crippen LogP contribution >= 0.6 is 0 Å². The van der Waals surface area contributed by atoms with E-state index in [0.29, 0.717) is 38.7 Å². The van der Waals surface area contributed by atoms with E-state index in [0.717, 1.165) is 0 Å². The predicted octanol–water partition coefficient (Wildman–Crippen LogP) is 0.0251. The molecule has 0 saturated carbocycles. The number of ether oxygens (including phenoxy) is 2. The number of aromatic nitrogens is 2.